The van der Waals surface area contributed by atoms with Gasteiger partial charge in [-0.1, -0.05) is 42.0 Å². The van der Waals surface area contributed by atoms with Crippen molar-refractivity contribution in [1.82, 2.24) is 0 Å². The number of benzene rings is 2. The molecule has 2 aromatic rings. The molecular weight excluding hydrogens is 324 g/mol. The fourth-order valence-corrected chi connectivity index (χ4v) is 4.23. The molecule has 1 heterocycles. The van der Waals surface area contributed by atoms with Crippen LogP contribution in [0.4, 0.5) is 11.4 Å². The summed E-state index contributed by atoms with van der Waals surface area (Å²) in [7, 11) is 0. The lowest BCUT2D eigenvalue weighted by Crippen LogP contribution is -2.29. The standard InChI is InChI=1S/C19H17ClN2O2/c1-11-5-10-16(20)17-14-3-2-4-15(14)19(21-18(11)17)12-6-8-13(9-7-12)22(23)24/h2-3,5-10,14-15,19,21H,4H2,1H3/t14-,15+,19+/m1/s1. The molecule has 0 radical (unpaired) electrons. The first-order valence-electron chi connectivity index (χ1n) is 8.03. The molecular formula is C19H17ClN2O2. The number of allylic oxidation sites excluding steroid dienone is 2. The van der Waals surface area contributed by atoms with E-state index in [1.54, 1.807) is 12.1 Å². The van der Waals surface area contributed by atoms with Crippen LogP contribution in [0.3, 0.4) is 0 Å². The molecule has 0 aromatic heterocycles. The molecule has 2 aliphatic rings. The number of fused-ring (bicyclic) bond motifs is 3. The van der Waals surface area contributed by atoms with E-state index in [4.69, 9.17) is 11.6 Å². The van der Waals surface area contributed by atoms with Gasteiger partial charge in [0.15, 0.2) is 0 Å². The molecule has 0 bridgehead atoms. The number of nitrogens with zero attached hydrogens (tertiary/aromatic N) is 1. The average molecular weight is 341 g/mol. The number of hydrogen-bond donors (Lipinski definition) is 1. The van der Waals surface area contributed by atoms with Crippen molar-refractivity contribution in [2.75, 3.05) is 5.32 Å². The lowest BCUT2D eigenvalue weighted by Gasteiger charge is -2.38. The molecule has 0 spiro atoms. The Hall–Kier alpha value is -2.33. The predicted octanol–water partition coefficient (Wildman–Crippen LogP) is 5.38. The summed E-state index contributed by atoms with van der Waals surface area (Å²) in [6.07, 6.45) is 5.43. The zero-order chi connectivity index (χ0) is 16.8. The van der Waals surface area contributed by atoms with Crippen LogP contribution in [0.15, 0.2) is 48.6 Å². The summed E-state index contributed by atoms with van der Waals surface area (Å²) >= 11 is 6.48. The molecule has 2 aromatic carbocycles. The van der Waals surface area contributed by atoms with Crippen LogP contribution in [0.25, 0.3) is 0 Å². The van der Waals surface area contributed by atoms with E-state index in [0.717, 1.165) is 22.7 Å². The largest absolute Gasteiger partial charge is 0.377 e. The number of halogens is 1. The van der Waals surface area contributed by atoms with Crippen LogP contribution in [-0.2, 0) is 0 Å². The van der Waals surface area contributed by atoms with Crippen LogP contribution in [0.1, 0.15) is 35.1 Å². The van der Waals surface area contributed by atoms with E-state index in [1.165, 1.54) is 11.1 Å². The second-order valence-electron chi connectivity index (χ2n) is 6.48. The highest BCUT2D eigenvalue weighted by molar-refractivity contribution is 6.32. The Kier molecular flexibility index (Phi) is 3.57. The Bertz CT molecular complexity index is 845. The molecule has 122 valence electrons. The number of nitro groups is 1. The maximum atomic E-state index is 10.9. The monoisotopic (exact) mass is 340 g/mol. The van der Waals surface area contributed by atoms with Gasteiger partial charge in [-0.05, 0) is 36.5 Å². The van der Waals surface area contributed by atoms with E-state index in [-0.39, 0.29) is 22.6 Å². The fraction of sp³-hybridized carbons (Fsp3) is 0.263. The van der Waals surface area contributed by atoms with E-state index >= 15 is 0 Å². The van der Waals surface area contributed by atoms with Gasteiger partial charge >= 0.3 is 0 Å². The van der Waals surface area contributed by atoms with Crippen molar-refractivity contribution < 1.29 is 4.92 Å². The molecule has 0 fully saturated rings. The van der Waals surface area contributed by atoms with Crippen molar-refractivity contribution in [3.05, 3.63) is 80.4 Å². The number of hydrogen-bond acceptors (Lipinski definition) is 3. The van der Waals surface area contributed by atoms with Crippen molar-refractivity contribution in [2.24, 2.45) is 5.92 Å². The summed E-state index contributed by atoms with van der Waals surface area (Å²) in [6.45, 7) is 2.08. The van der Waals surface area contributed by atoms with E-state index in [9.17, 15) is 10.1 Å². The van der Waals surface area contributed by atoms with Crippen LogP contribution in [-0.4, -0.2) is 4.92 Å². The van der Waals surface area contributed by atoms with Crippen LogP contribution < -0.4 is 5.32 Å². The zero-order valence-corrected chi connectivity index (χ0v) is 14.0. The molecule has 0 saturated carbocycles. The second kappa shape index (κ2) is 5.64. The van der Waals surface area contributed by atoms with E-state index in [1.807, 2.05) is 24.3 Å². The average Bonchev–Trinajstić information content (AvgIpc) is 3.07. The minimum atomic E-state index is -0.364. The minimum Gasteiger partial charge on any atom is -0.377 e. The van der Waals surface area contributed by atoms with Crippen molar-refractivity contribution in [1.29, 1.82) is 0 Å². The first-order valence-corrected chi connectivity index (χ1v) is 8.40. The van der Waals surface area contributed by atoms with Crippen LogP contribution in [0, 0.1) is 23.0 Å². The quantitative estimate of drug-likeness (QED) is 0.453. The van der Waals surface area contributed by atoms with E-state index in [2.05, 4.69) is 24.4 Å². The maximum Gasteiger partial charge on any atom is 0.269 e. The number of non-ortho nitro benzene ring substituents is 1. The highest BCUT2D eigenvalue weighted by Gasteiger charge is 2.39. The molecule has 1 aliphatic heterocycles. The Balaban J connectivity index is 1.78. The molecule has 1 aliphatic carbocycles. The Morgan fingerprint density at radius 3 is 2.67 bits per heavy atom. The highest BCUT2D eigenvalue weighted by Crippen LogP contribution is 2.52. The minimum absolute atomic E-state index is 0.121. The molecule has 0 amide bonds. The lowest BCUT2D eigenvalue weighted by molar-refractivity contribution is -0.384. The molecule has 0 saturated heterocycles. The van der Waals surface area contributed by atoms with Crippen molar-refractivity contribution in [2.45, 2.75) is 25.3 Å². The van der Waals surface area contributed by atoms with Gasteiger partial charge in [0.1, 0.15) is 0 Å². The first kappa shape index (κ1) is 15.2. The molecule has 4 rings (SSSR count). The number of nitrogens with one attached hydrogen (secondary N) is 1. The predicted molar refractivity (Wildman–Crippen MR) is 95.6 cm³/mol. The second-order valence-corrected chi connectivity index (χ2v) is 6.88. The number of rotatable bonds is 2. The summed E-state index contributed by atoms with van der Waals surface area (Å²) in [5.41, 5.74) is 4.63. The summed E-state index contributed by atoms with van der Waals surface area (Å²) in [5.74, 6) is 0.659. The van der Waals surface area contributed by atoms with Gasteiger partial charge in [-0.25, -0.2) is 0 Å². The van der Waals surface area contributed by atoms with Gasteiger partial charge in [0.05, 0.1) is 11.0 Å². The third-order valence-electron chi connectivity index (χ3n) is 5.14. The first-order chi connectivity index (χ1) is 11.6. The van der Waals surface area contributed by atoms with Crippen LogP contribution in [0.2, 0.25) is 5.02 Å². The smallest absolute Gasteiger partial charge is 0.269 e. The Labute approximate surface area is 145 Å². The molecule has 0 unspecified atom stereocenters. The topological polar surface area (TPSA) is 55.2 Å². The third kappa shape index (κ3) is 2.29. The van der Waals surface area contributed by atoms with Gasteiger partial charge in [-0.2, -0.15) is 0 Å². The molecule has 5 heteroatoms. The fourth-order valence-electron chi connectivity index (χ4n) is 3.94. The highest BCUT2D eigenvalue weighted by atomic mass is 35.5. The van der Waals surface area contributed by atoms with Crippen LogP contribution in [0.5, 0.6) is 0 Å². The Morgan fingerprint density at radius 2 is 1.96 bits per heavy atom. The third-order valence-corrected chi connectivity index (χ3v) is 5.47. The van der Waals surface area contributed by atoms with Gasteiger partial charge in [0.2, 0.25) is 0 Å². The number of anilines is 1. The van der Waals surface area contributed by atoms with Gasteiger partial charge in [-0.3, -0.25) is 10.1 Å². The van der Waals surface area contributed by atoms with E-state index < -0.39 is 0 Å². The molecule has 1 N–H and O–H groups in total. The molecule has 3 atom stereocenters. The molecule has 24 heavy (non-hydrogen) atoms. The van der Waals surface area contributed by atoms with E-state index in [0.29, 0.717) is 5.92 Å². The summed E-state index contributed by atoms with van der Waals surface area (Å²) < 4.78 is 0. The van der Waals surface area contributed by atoms with Gasteiger partial charge in [0, 0.05) is 34.3 Å². The lowest BCUT2D eigenvalue weighted by atomic mass is 9.76. The van der Waals surface area contributed by atoms with Gasteiger partial charge in [0.25, 0.3) is 5.69 Å². The van der Waals surface area contributed by atoms with Gasteiger partial charge < -0.3 is 5.32 Å². The van der Waals surface area contributed by atoms with Crippen molar-refractivity contribution in [3.63, 3.8) is 0 Å². The SMILES string of the molecule is Cc1ccc(Cl)c2c1N[C@@H](c1ccc([N+](=O)[O-])cc1)[C@H]1CC=C[C@@H]21. The zero-order valence-electron chi connectivity index (χ0n) is 13.2. The summed E-state index contributed by atoms with van der Waals surface area (Å²) in [6, 6.07) is 11.0. The number of aryl methyl sites for hydroxylation is 1. The summed E-state index contributed by atoms with van der Waals surface area (Å²) in [5, 5.41) is 15.3. The number of nitro benzene ring substituents is 1. The maximum absolute atomic E-state index is 10.9. The summed E-state index contributed by atoms with van der Waals surface area (Å²) in [4.78, 5) is 10.5. The molecule has 4 nitrogen and oxygen atoms in total. The van der Waals surface area contributed by atoms with Crippen molar-refractivity contribution >= 4 is 23.0 Å². The van der Waals surface area contributed by atoms with Crippen molar-refractivity contribution in [3.8, 4) is 0 Å². The Morgan fingerprint density at radius 1 is 1.21 bits per heavy atom. The van der Waals surface area contributed by atoms with Gasteiger partial charge in [-0.15, -0.1) is 0 Å². The van der Waals surface area contributed by atoms with Crippen LogP contribution >= 0.6 is 11.6 Å². The normalized spacial score (nSPS) is 24.2.